The molecule has 0 spiro atoms. The summed E-state index contributed by atoms with van der Waals surface area (Å²) in [6.45, 7) is 2.19. The van der Waals surface area contributed by atoms with E-state index in [4.69, 9.17) is 21.1 Å². The van der Waals surface area contributed by atoms with Crippen molar-refractivity contribution in [3.63, 3.8) is 0 Å². The zero-order valence-electron chi connectivity index (χ0n) is 10.9. The van der Waals surface area contributed by atoms with Crippen LogP contribution in [0.3, 0.4) is 0 Å². The molecule has 2 fully saturated rings. The van der Waals surface area contributed by atoms with Crippen molar-refractivity contribution in [2.45, 2.75) is 44.4 Å². The molecule has 0 amide bonds. The largest absolute Gasteiger partial charge is 0.474 e. The number of aromatic nitrogens is 1. The number of nitrogens with one attached hydrogen (secondary N) is 1. The highest BCUT2D eigenvalue weighted by molar-refractivity contribution is 6.31. The molecule has 2 heterocycles. The lowest BCUT2D eigenvalue weighted by Crippen LogP contribution is -2.17. The van der Waals surface area contributed by atoms with Crippen molar-refractivity contribution < 1.29 is 9.47 Å². The van der Waals surface area contributed by atoms with Crippen LogP contribution >= 0.6 is 11.6 Å². The minimum atomic E-state index is 0.189. The van der Waals surface area contributed by atoms with Crippen LogP contribution in [0.4, 0.5) is 0 Å². The first-order valence-electron chi connectivity index (χ1n) is 6.93. The maximum Gasteiger partial charge on any atom is 0.232 e. The summed E-state index contributed by atoms with van der Waals surface area (Å²) in [4.78, 5) is 4.29. The third-order valence-corrected chi connectivity index (χ3v) is 3.74. The first-order chi connectivity index (χ1) is 9.31. The fourth-order valence-electron chi connectivity index (χ4n) is 2.17. The molecule has 1 aliphatic carbocycles. The van der Waals surface area contributed by atoms with Crippen LogP contribution in [0.15, 0.2) is 12.3 Å². The van der Waals surface area contributed by atoms with Gasteiger partial charge in [0.1, 0.15) is 11.6 Å². The van der Waals surface area contributed by atoms with Gasteiger partial charge in [0.15, 0.2) is 0 Å². The van der Waals surface area contributed by atoms with E-state index in [1.807, 2.05) is 12.3 Å². The Morgan fingerprint density at radius 3 is 3.00 bits per heavy atom. The Balaban J connectivity index is 1.52. The normalized spacial score (nSPS) is 22.7. The summed E-state index contributed by atoms with van der Waals surface area (Å²) in [5.41, 5.74) is 1.10. The second-order valence-electron chi connectivity index (χ2n) is 5.23. The second-order valence-corrected chi connectivity index (χ2v) is 5.64. The van der Waals surface area contributed by atoms with Crippen molar-refractivity contribution in [2.24, 2.45) is 0 Å². The minimum Gasteiger partial charge on any atom is -0.474 e. The molecule has 2 aliphatic rings. The van der Waals surface area contributed by atoms with Gasteiger partial charge in [-0.1, -0.05) is 11.6 Å². The number of hydrogen-bond donors (Lipinski definition) is 1. The van der Waals surface area contributed by atoms with Crippen LogP contribution in [0.25, 0.3) is 0 Å². The van der Waals surface area contributed by atoms with Crippen LogP contribution in [-0.4, -0.2) is 30.3 Å². The smallest absolute Gasteiger partial charge is 0.232 e. The van der Waals surface area contributed by atoms with Crippen molar-refractivity contribution >= 4 is 11.6 Å². The molecule has 104 valence electrons. The Hall–Kier alpha value is -0.840. The Kier molecular flexibility index (Phi) is 4.21. The van der Waals surface area contributed by atoms with Crippen LogP contribution in [0.1, 0.15) is 31.2 Å². The molecule has 0 aromatic carbocycles. The average molecular weight is 283 g/mol. The summed E-state index contributed by atoms with van der Waals surface area (Å²) in [5.74, 6) is 0.507. The van der Waals surface area contributed by atoms with Crippen molar-refractivity contribution in [3.05, 3.63) is 22.8 Å². The van der Waals surface area contributed by atoms with Gasteiger partial charge >= 0.3 is 0 Å². The molecular formula is C14H19ClN2O2. The molecule has 3 rings (SSSR count). The van der Waals surface area contributed by atoms with E-state index < -0.39 is 0 Å². The van der Waals surface area contributed by atoms with Crippen molar-refractivity contribution in [1.29, 1.82) is 0 Å². The molecule has 1 aromatic heterocycles. The molecule has 1 atom stereocenters. The van der Waals surface area contributed by atoms with Gasteiger partial charge in [0.25, 0.3) is 0 Å². The fraction of sp³-hybridized carbons (Fsp3) is 0.643. The number of nitrogens with zero attached hydrogens (tertiary/aromatic N) is 1. The van der Waals surface area contributed by atoms with E-state index >= 15 is 0 Å². The van der Waals surface area contributed by atoms with Crippen molar-refractivity contribution in [2.75, 3.05) is 13.2 Å². The third kappa shape index (κ3) is 3.81. The maximum atomic E-state index is 6.19. The molecule has 1 saturated heterocycles. The highest BCUT2D eigenvalue weighted by Crippen LogP contribution is 2.24. The predicted molar refractivity (Wildman–Crippen MR) is 73.6 cm³/mol. The van der Waals surface area contributed by atoms with Gasteiger partial charge in [-0.25, -0.2) is 4.98 Å². The number of halogens is 1. The van der Waals surface area contributed by atoms with Gasteiger partial charge in [-0.2, -0.15) is 0 Å². The van der Waals surface area contributed by atoms with Gasteiger partial charge in [0.05, 0.1) is 6.10 Å². The van der Waals surface area contributed by atoms with Gasteiger partial charge in [0.2, 0.25) is 5.88 Å². The second kappa shape index (κ2) is 6.07. The van der Waals surface area contributed by atoms with Gasteiger partial charge < -0.3 is 14.8 Å². The fourth-order valence-corrected chi connectivity index (χ4v) is 2.41. The summed E-state index contributed by atoms with van der Waals surface area (Å²) in [6.07, 6.45) is 6.75. The average Bonchev–Trinajstić information content (AvgIpc) is 3.10. The summed E-state index contributed by atoms with van der Waals surface area (Å²) >= 11 is 6.19. The SMILES string of the molecule is Clc1cc(CNC2CC2)cnc1OCC1CCCO1. The number of ether oxygens (including phenoxy) is 2. The molecule has 4 nitrogen and oxygen atoms in total. The number of pyridine rings is 1. The molecule has 5 heteroatoms. The summed E-state index contributed by atoms with van der Waals surface area (Å²) < 4.78 is 11.1. The zero-order valence-corrected chi connectivity index (χ0v) is 11.7. The summed E-state index contributed by atoms with van der Waals surface area (Å²) in [6, 6.07) is 2.61. The van der Waals surface area contributed by atoms with Crippen LogP contribution < -0.4 is 10.1 Å². The van der Waals surface area contributed by atoms with Crippen LogP contribution in [0.2, 0.25) is 5.02 Å². The van der Waals surface area contributed by atoms with Gasteiger partial charge in [0, 0.05) is 25.4 Å². The number of rotatable bonds is 6. The van der Waals surface area contributed by atoms with Gasteiger partial charge in [-0.15, -0.1) is 0 Å². The van der Waals surface area contributed by atoms with Crippen LogP contribution in [0, 0.1) is 0 Å². The van der Waals surface area contributed by atoms with Crippen molar-refractivity contribution in [3.8, 4) is 5.88 Å². The van der Waals surface area contributed by atoms with E-state index in [-0.39, 0.29) is 6.10 Å². The molecule has 1 aliphatic heterocycles. The Morgan fingerprint density at radius 2 is 2.32 bits per heavy atom. The molecule has 1 saturated carbocycles. The highest BCUT2D eigenvalue weighted by atomic mass is 35.5. The van der Waals surface area contributed by atoms with E-state index in [9.17, 15) is 0 Å². The predicted octanol–water partition coefficient (Wildman–Crippen LogP) is 2.54. The zero-order chi connectivity index (χ0) is 13.1. The Morgan fingerprint density at radius 1 is 1.42 bits per heavy atom. The highest BCUT2D eigenvalue weighted by Gasteiger charge is 2.20. The van der Waals surface area contributed by atoms with Crippen molar-refractivity contribution in [1.82, 2.24) is 10.3 Å². The Bertz CT molecular complexity index is 431. The third-order valence-electron chi connectivity index (χ3n) is 3.47. The molecule has 1 aromatic rings. The van der Waals surface area contributed by atoms with E-state index in [1.165, 1.54) is 12.8 Å². The van der Waals surface area contributed by atoms with Crippen LogP contribution in [-0.2, 0) is 11.3 Å². The topological polar surface area (TPSA) is 43.4 Å². The molecule has 0 radical (unpaired) electrons. The van der Waals surface area contributed by atoms with Gasteiger partial charge in [-0.3, -0.25) is 0 Å². The quantitative estimate of drug-likeness (QED) is 0.871. The summed E-state index contributed by atoms with van der Waals surface area (Å²) in [5, 5.41) is 4.01. The minimum absolute atomic E-state index is 0.189. The molecule has 19 heavy (non-hydrogen) atoms. The monoisotopic (exact) mass is 282 g/mol. The lowest BCUT2D eigenvalue weighted by Gasteiger charge is -2.12. The standard InChI is InChI=1S/C14H19ClN2O2/c15-13-6-10(7-16-11-3-4-11)8-17-14(13)19-9-12-2-1-5-18-12/h6,8,11-12,16H,1-5,7,9H2. The molecule has 0 bridgehead atoms. The van der Waals surface area contributed by atoms with E-state index in [0.717, 1.165) is 31.6 Å². The van der Waals surface area contributed by atoms with E-state index in [2.05, 4.69) is 10.3 Å². The molecule has 1 unspecified atom stereocenters. The first kappa shape index (κ1) is 13.2. The lowest BCUT2D eigenvalue weighted by atomic mass is 10.2. The first-order valence-corrected chi connectivity index (χ1v) is 7.31. The maximum absolute atomic E-state index is 6.19. The molecular weight excluding hydrogens is 264 g/mol. The van der Waals surface area contributed by atoms with Gasteiger partial charge in [-0.05, 0) is 37.3 Å². The van der Waals surface area contributed by atoms with E-state index in [0.29, 0.717) is 23.6 Å². The lowest BCUT2D eigenvalue weighted by molar-refractivity contribution is 0.0664. The summed E-state index contributed by atoms with van der Waals surface area (Å²) in [7, 11) is 0. The van der Waals surface area contributed by atoms with Crippen LogP contribution in [0.5, 0.6) is 5.88 Å². The molecule has 1 N–H and O–H groups in total. The Labute approximate surface area is 118 Å². The van der Waals surface area contributed by atoms with E-state index in [1.54, 1.807) is 0 Å². The number of hydrogen-bond acceptors (Lipinski definition) is 4.